The van der Waals surface area contributed by atoms with Gasteiger partial charge in [0, 0.05) is 5.41 Å². The third kappa shape index (κ3) is 1.21. The molecule has 2 nitrogen and oxygen atoms in total. The summed E-state index contributed by atoms with van der Waals surface area (Å²) in [6.45, 7) is 4.08. The fourth-order valence-electron chi connectivity index (χ4n) is 4.12. The van der Waals surface area contributed by atoms with Crippen LogP contribution < -0.4 is 0 Å². The zero-order valence-electron chi connectivity index (χ0n) is 12.0. The van der Waals surface area contributed by atoms with Crippen molar-refractivity contribution in [2.45, 2.75) is 29.3 Å². The molecule has 2 bridgehead atoms. The van der Waals surface area contributed by atoms with Crippen LogP contribution in [0.25, 0.3) is 0 Å². The predicted molar refractivity (Wildman–Crippen MR) is 83.3 cm³/mol. The summed E-state index contributed by atoms with van der Waals surface area (Å²) in [5.74, 6) is 0. The van der Waals surface area contributed by atoms with Gasteiger partial charge in [-0.15, -0.1) is 0 Å². The number of hydrogen-bond acceptors (Lipinski definition) is 2. The highest BCUT2D eigenvalue weighted by molar-refractivity contribution is 7.87. The van der Waals surface area contributed by atoms with Gasteiger partial charge in [0.05, 0.1) is 21.6 Å². The molecule has 0 aromatic heterocycles. The summed E-state index contributed by atoms with van der Waals surface area (Å²) >= 11 is 0. The van der Waals surface area contributed by atoms with E-state index in [9.17, 15) is 9.47 Å². The van der Waals surface area contributed by atoms with E-state index in [2.05, 4.69) is 37.3 Å². The number of nitrogens with zero attached hydrogens (tertiary/aromatic N) is 1. The van der Waals surface area contributed by atoms with Crippen LogP contribution in [0, 0.1) is 11.3 Å². The smallest absolute Gasteiger partial charge is 0.136 e. The van der Waals surface area contributed by atoms with Gasteiger partial charge in [0.2, 0.25) is 0 Å². The van der Waals surface area contributed by atoms with Crippen LogP contribution >= 0.6 is 0 Å². The first-order chi connectivity index (χ1) is 10.1. The molecular formula is C18H15NOS. The van der Waals surface area contributed by atoms with Crippen LogP contribution in [0.2, 0.25) is 0 Å². The lowest BCUT2D eigenvalue weighted by atomic mass is 9.62. The Labute approximate surface area is 126 Å². The second kappa shape index (κ2) is 3.84. The minimum absolute atomic E-state index is 0.495. The first-order valence-electron chi connectivity index (χ1n) is 7.06. The lowest BCUT2D eigenvalue weighted by molar-refractivity contribution is 0.493. The van der Waals surface area contributed by atoms with Crippen LogP contribution in [0.5, 0.6) is 0 Å². The van der Waals surface area contributed by atoms with E-state index in [1.54, 1.807) is 0 Å². The van der Waals surface area contributed by atoms with E-state index >= 15 is 0 Å². The maximum Gasteiger partial charge on any atom is 0.136 e. The first kappa shape index (κ1) is 12.8. The maximum absolute atomic E-state index is 13.2. The molecule has 21 heavy (non-hydrogen) atoms. The Morgan fingerprint density at radius 2 is 1.38 bits per heavy atom. The van der Waals surface area contributed by atoms with E-state index < -0.39 is 26.2 Å². The summed E-state index contributed by atoms with van der Waals surface area (Å²) in [5.41, 5.74) is 4.02. The standard InChI is InChI=1S/C18H15NOS/c1-17-12-7-3-5-9-14(12)18(2,21(20)16(17)11-19)15-10-6-4-8-13(15)17/h3-10,16H,1-2H3/t16-,17?,18?,21?/m0/s1. The van der Waals surface area contributed by atoms with Crippen LogP contribution in [-0.4, -0.2) is 9.46 Å². The monoisotopic (exact) mass is 293 g/mol. The maximum atomic E-state index is 13.2. The molecular weight excluding hydrogens is 278 g/mol. The average Bonchev–Trinajstić information content (AvgIpc) is 2.52. The molecule has 2 atom stereocenters. The van der Waals surface area contributed by atoms with Crippen LogP contribution in [0.3, 0.4) is 0 Å². The van der Waals surface area contributed by atoms with Crippen molar-refractivity contribution in [1.29, 1.82) is 5.26 Å². The van der Waals surface area contributed by atoms with Crippen molar-refractivity contribution < 1.29 is 4.21 Å². The molecule has 3 aliphatic rings. The van der Waals surface area contributed by atoms with Crippen molar-refractivity contribution >= 4 is 10.8 Å². The minimum atomic E-state index is -1.25. The molecule has 0 radical (unpaired) electrons. The molecule has 0 saturated heterocycles. The molecule has 0 amide bonds. The van der Waals surface area contributed by atoms with E-state index in [1.807, 2.05) is 31.2 Å². The van der Waals surface area contributed by atoms with Gasteiger partial charge in [-0.2, -0.15) is 5.26 Å². The first-order valence-corrected chi connectivity index (χ1v) is 8.28. The highest BCUT2D eigenvalue weighted by atomic mass is 32.2. The molecule has 1 aliphatic carbocycles. The van der Waals surface area contributed by atoms with Crippen molar-refractivity contribution in [3.05, 3.63) is 70.8 Å². The Morgan fingerprint density at radius 1 is 0.952 bits per heavy atom. The number of hydrogen-bond donors (Lipinski definition) is 0. The summed E-state index contributed by atoms with van der Waals surface area (Å²) in [5, 5.41) is 9.16. The van der Waals surface area contributed by atoms with Crippen molar-refractivity contribution in [1.82, 2.24) is 0 Å². The van der Waals surface area contributed by atoms with Crippen LogP contribution in [0.1, 0.15) is 36.1 Å². The summed E-state index contributed by atoms with van der Waals surface area (Å²) in [7, 11) is -1.25. The van der Waals surface area contributed by atoms with Gasteiger partial charge in [0.1, 0.15) is 5.25 Å². The molecule has 3 heteroatoms. The van der Waals surface area contributed by atoms with Gasteiger partial charge in [-0.05, 0) is 36.1 Å². The Balaban J connectivity index is 2.23. The van der Waals surface area contributed by atoms with Crippen molar-refractivity contribution in [2.75, 3.05) is 0 Å². The Hall–Kier alpha value is -1.92. The molecule has 104 valence electrons. The summed E-state index contributed by atoms with van der Waals surface area (Å²) in [4.78, 5) is 0. The van der Waals surface area contributed by atoms with E-state index in [4.69, 9.17) is 0 Å². The minimum Gasteiger partial charge on any atom is -0.257 e. The molecule has 0 N–H and O–H groups in total. The second-order valence-electron chi connectivity index (χ2n) is 6.13. The number of fused-ring (bicyclic) bond motifs is 1. The van der Waals surface area contributed by atoms with E-state index in [-0.39, 0.29) is 0 Å². The lowest BCUT2D eigenvalue weighted by Crippen LogP contribution is -2.57. The van der Waals surface area contributed by atoms with Crippen LogP contribution in [-0.2, 0) is 21.0 Å². The molecule has 2 heterocycles. The third-order valence-electron chi connectivity index (χ3n) is 5.26. The zero-order valence-corrected chi connectivity index (χ0v) is 12.8. The van der Waals surface area contributed by atoms with Gasteiger partial charge in [-0.1, -0.05) is 48.5 Å². The SMILES string of the molecule is CC12c3ccccc3C(C)(c3ccccc31)S(=O)[C@H]2C#N. The van der Waals surface area contributed by atoms with Crippen LogP contribution in [0.4, 0.5) is 0 Å². The topological polar surface area (TPSA) is 40.9 Å². The summed E-state index contributed by atoms with van der Waals surface area (Å²) < 4.78 is 12.6. The van der Waals surface area contributed by atoms with Gasteiger partial charge in [-0.25, -0.2) is 0 Å². The van der Waals surface area contributed by atoms with E-state index in [0.29, 0.717) is 0 Å². The molecule has 2 aromatic carbocycles. The van der Waals surface area contributed by atoms with Gasteiger partial charge in [0.15, 0.2) is 0 Å². The fourth-order valence-corrected chi connectivity index (χ4v) is 6.16. The molecule has 1 unspecified atom stereocenters. The normalized spacial score (nSPS) is 35.7. The molecule has 0 spiro atoms. The lowest BCUT2D eigenvalue weighted by Gasteiger charge is -2.54. The summed E-state index contributed by atoms with van der Waals surface area (Å²) in [6.07, 6.45) is 0. The average molecular weight is 293 g/mol. The molecule has 0 saturated carbocycles. The third-order valence-corrected chi connectivity index (χ3v) is 7.51. The van der Waals surface area contributed by atoms with Crippen molar-refractivity contribution in [3.8, 4) is 6.07 Å². The number of nitriles is 1. The van der Waals surface area contributed by atoms with Gasteiger partial charge in [-0.3, -0.25) is 4.21 Å². The van der Waals surface area contributed by atoms with Gasteiger partial charge >= 0.3 is 0 Å². The highest BCUT2D eigenvalue weighted by Crippen LogP contribution is 2.59. The molecule has 2 aromatic rings. The molecule has 0 fully saturated rings. The van der Waals surface area contributed by atoms with Crippen LogP contribution in [0.15, 0.2) is 48.5 Å². The Bertz CT molecular complexity index is 786. The van der Waals surface area contributed by atoms with Gasteiger partial charge < -0.3 is 0 Å². The number of benzene rings is 2. The van der Waals surface area contributed by atoms with Gasteiger partial charge in [0.25, 0.3) is 0 Å². The Kier molecular flexibility index (Phi) is 2.34. The highest BCUT2D eigenvalue weighted by Gasteiger charge is 2.61. The molecule has 2 aliphatic heterocycles. The van der Waals surface area contributed by atoms with E-state index in [0.717, 1.165) is 22.3 Å². The van der Waals surface area contributed by atoms with Crippen molar-refractivity contribution in [2.24, 2.45) is 0 Å². The summed E-state index contributed by atoms with van der Waals surface area (Å²) in [6, 6.07) is 18.6. The quantitative estimate of drug-likeness (QED) is 0.748. The Morgan fingerprint density at radius 3 is 1.81 bits per heavy atom. The van der Waals surface area contributed by atoms with Crippen molar-refractivity contribution in [3.63, 3.8) is 0 Å². The van der Waals surface area contributed by atoms with E-state index in [1.165, 1.54) is 0 Å². The molecule has 5 rings (SSSR count). The fraction of sp³-hybridized carbons (Fsp3) is 0.278. The number of rotatable bonds is 0. The zero-order chi connectivity index (χ0) is 14.8. The largest absolute Gasteiger partial charge is 0.257 e. The predicted octanol–water partition coefficient (Wildman–Crippen LogP) is 3.22. The second-order valence-corrected chi connectivity index (χ2v) is 8.02.